The monoisotopic (exact) mass is 261 g/mol. The Bertz CT molecular complexity index is 456. The van der Waals surface area contributed by atoms with Gasteiger partial charge >= 0.3 is 0 Å². The van der Waals surface area contributed by atoms with Crippen LogP contribution in [0.15, 0.2) is 18.2 Å². The van der Waals surface area contributed by atoms with Gasteiger partial charge in [-0.25, -0.2) is 0 Å². The number of hydrogen-bond acceptors (Lipinski definition) is 2. The Balaban J connectivity index is 1.95. The molecule has 1 amide bonds. The highest BCUT2D eigenvalue weighted by molar-refractivity contribution is 5.97. The van der Waals surface area contributed by atoms with Gasteiger partial charge in [0.05, 0.1) is 5.56 Å². The number of carbonyl (C=O) groups is 1. The molecular formula is C16H23NO2. The molecule has 1 saturated carbocycles. The molecule has 104 valence electrons. The van der Waals surface area contributed by atoms with Gasteiger partial charge in [0.25, 0.3) is 5.91 Å². The van der Waals surface area contributed by atoms with Gasteiger partial charge in [0.15, 0.2) is 0 Å². The maximum Gasteiger partial charge on any atom is 0.255 e. The smallest absolute Gasteiger partial charge is 0.255 e. The van der Waals surface area contributed by atoms with Gasteiger partial charge < -0.3 is 10.4 Å². The van der Waals surface area contributed by atoms with Crippen molar-refractivity contribution >= 4 is 5.91 Å². The number of phenols is 1. The van der Waals surface area contributed by atoms with E-state index in [0.717, 1.165) is 5.56 Å². The molecule has 2 atom stereocenters. The van der Waals surface area contributed by atoms with Gasteiger partial charge in [-0.05, 0) is 36.8 Å². The summed E-state index contributed by atoms with van der Waals surface area (Å²) < 4.78 is 0. The third-order valence-corrected chi connectivity index (χ3v) is 4.30. The van der Waals surface area contributed by atoms with E-state index in [4.69, 9.17) is 0 Å². The largest absolute Gasteiger partial charge is 0.507 e. The minimum atomic E-state index is -0.168. The molecule has 0 radical (unpaired) electrons. The summed E-state index contributed by atoms with van der Waals surface area (Å²) in [5.41, 5.74) is 1.11. The number of rotatable bonds is 3. The van der Waals surface area contributed by atoms with Crippen LogP contribution in [0.3, 0.4) is 0 Å². The lowest BCUT2D eigenvalue weighted by Crippen LogP contribution is -2.33. The fraction of sp³-hybridized carbons (Fsp3) is 0.562. The Morgan fingerprint density at radius 1 is 1.37 bits per heavy atom. The summed E-state index contributed by atoms with van der Waals surface area (Å²) in [5.74, 6) is 1.18. The van der Waals surface area contributed by atoms with E-state index < -0.39 is 0 Å². The van der Waals surface area contributed by atoms with Crippen LogP contribution in [0, 0.1) is 18.8 Å². The van der Waals surface area contributed by atoms with Crippen molar-refractivity contribution in [3.63, 3.8) is 0 Å². The van der Waals surface area contributed by atoms with Gasteiger partial charge in [-0.15, -0.1) is 0 Å². The number of para-hydroxylation sites is 1. The molecule has 1 aliphatic rings. The molecule has 3 nitrogen and oxygen atoms in total. The second kappa shape index (κ2) is 6.09. The summed E-state index contributed by atoms with van der Waals surface area (Å²) >= 11 is 0. The maximum absolute atomic E-state index is 12.1. The van der Waals surface area contributed by atoms with Gasteiger partial charge in [0.1, 0.15) is 5.75 Å². The van der Waals surface area contributed by atoms with Gasteiger partial charge in [0, 0.05) is 6.54 Å². The molecule has 0 aliphatic heterocycles. The quantitative estimate of drug-likeness (QED) is 0.877. The van der Waals surface area contributed by atoms with E-state index in [1.165, 1.54) is 25.7 Å². The molecule has 1 fully saturated rings. The number of aromatic hydroxyl groups is 1. The molecular weight excluding hydrogens is 238 g/mol. The Morgan fingerprint density at radius 3 is 2.84 bits per heavy atom. The van der Waals surface area contributed by atoms with Crippen molar-refractivity contribution in [2.24, 2.45) is 11.8 Å². The van der Waals surface area contributed by atoms with Gasteiger partial charge in [-0.2, -0.15) is 0 Å². The van der Waals surface area contributed by atoms with E-state index in [0.29, 0.717) is 23.9 Å². The molecule has 0 saturated heterocycles. The van der Waals surface area contributed by atoms with E-state index in [1.54, 1.807) is 25.1 Å². The lowest BCUT2D eigenvalue weighted by Gasteiger charge is -2.28. The number of nitrogens with one attached hydrogen (secondary N) is 1. The first-order valence-electron chi connectivity index (χ1n) is 7.16. The second-order valence-electron chi connectivity index (χ2n) is 5.70. The number of phenolic OH excluding ortho intramolecular Hbond substituents is 1. The number of benzene rings is 1. The lowest BCUT2D eigenvalue weighted by atomic mass is 9.80. The van der Waals surface area contributed by atoms with Crippen molar-refractivity contribution in [3.05, 3.63) is 29.3 Å². The zero-order chi connectivity index (χ0) is 13.8. The second-order valence-corrected chi connectivity index (χ2v) is 5.70. The Labute approximate surface area is 115 Å². The summed E-state index contributed by atoms with van der Waals surface area (Å²) in [6.45, 7) is 4.78. The SMILES string of the molecule is Cc1cccc(C(=O)NCC2CCCCC2C)c1O. The fourth-order valence-electron chi connectivity index (χ4n) is 2.86. The topological polar surface area (TPSA) is 49.3 Å². The minimum Gasteiger partial charge on any atom is -0.507 e. The molecule has 2 N–H and O–H groups in total. The molecule has 1 aliphatic carbocycles. The van der Waals surface area contributed by atoms with Gasteiger partial charge in [-0.1, -0.05) is 38.3 Å². The molecule has 0 spiro atoms. The van der Waals surface area contributed by atoms with E-state index in [1.807, 2.05) is 0 Å². The molecule has 19 heavy (non-hydrogen) atoms. The Morgan fingerprint density at radius 2 is 2.11 bits per heavy atom. The van der Waals surface area contributed by atoms with Crippen LogP contribution in [0.1, 0.15) is 48.5 Å². The van der Waals surface area contributed by atoms with Crippen LogP contribution in [0.4, 0.5) is 0 Å². The van der Waals surface area contributed by atoms with Crippen molar-refractivity contribution < 1.29 is 9.90 Å². The average Bonchev–Trinajstić information content (AvgIpc) is 2.40. The summed E-state index contributed by atoms with van der Waals surface area (Å²) in [6, 6.07) is 5.27. The summed E-state index contributed by atoms with van der Waals surface area (Å²) in [6.07, 6.45) is 5.03. The molecule has 0 bridgehead atoms. The molecule has 2 unspecified atom stereocenters. The van der Waals surface area contributed by atoms with E-state index in [-0.39, 0.29) is 11.7 Å². The maximum atomic E-state index is 12.1. The Kier molecular flexibility index (Phi) is 4.46. The first kappa shape index (κ1) is 13.9. The highest BCUT2D eigenvalue weighted by Crippen LogP contribution is 2.29. The van der Waals surface area contributed by atoms with Crippen molar-refractivity contribution in [2.45, 2.75) is 39.5 Å². The molecule has 1 aromatic carbocycles. The summed E-state index contributed by atoms with van der Waals surface area (Å²) in [7, 11) is 0. The summed E-state index contributed by atoms with van der Waals surface area (Å²) in [5, 5.41) is 12.9. The summed E-state index contributed by atoms with van der Waals surface area (Å²) in [4.78, 5) is 12.1. The van der Waals surface area contributed by atoms with Crippen LogP contribution >= 0.6 is 0 Å². The Hall–Kier alpha value is -1.51. The fourth-order valence-corrected chi connectivity index (χ4v) is 2.86. The lowest BCUT2D eigenvalue weighted by molar-refractivity contribution is 0.0933. The van der Waals surface area contributed by atoms with E-state index in [9.17, 15) is 9.90 Å². The van der Waals surface area contributed by atoms with Crippen molar-refractivity contribution in [2.75, 3.05) is 6.54 Å². The normalized spacial score (nSPS) is 23.1. The van der Waals surface area contributed by atoms with Gasteiger partial charge in [-0.3, -0.25) is 4.79 Å². The van der Waals surface area contributed by atoms with E-state index in [2.05, 4.69) is 12.2 Å². The zero-order valence-corrected chi connectivity index (χ0v) is 11.8. The van der Waals surface area contributed by atoms with Gasteiger partial charge in [0.2, 0.25) is 0 Å². The molecule has 0 heterocycles. The number of amides is 1. The number of aryl methyl sites for hydroxylation is 1. The highest BCUT2D eigenvalue weighted by Gasteiger charge is 2.22. The minimum absolute atomic E-state index is 0.0942. The van der Waals surface area contributed by atoms with Crippen LogP contribution < -0.4 is 5.32 Å². The number of hydrogen-bond donors (Lipinski definition) is 2. The van der Waals surface area contributed by atoms with E-state index >= 15 is 0 Å². The van der Waals surface area contributed by atoms with Crippen molar-refractivity contribution in [1.29, 1.82) is 0 Å². The van der Waals surface area contributed by atoms with Crippen LogP contribution in [0.2, 0.25) is 0 Å². The predicted octanol–water partition coefficient (Wildman–Crippen LogP) is 3.26. The van der Waals surface area contributed by atoms with Crippen molar-refractivity contribution in [3.8, 4) is 5.75 Å². The first-order valence-corrected chi connectivity index (χ1v) is 7.16. The molecule has 0 aromatic heterocycles. The predicted molar refractivity (Wildman–Crippen MR) is 76.3 cm³/mol. The van der Waals surface area contributed by atoms with Crippen LogP contribution in [0.5, 0.6) is 5.75 Å². The molecule has 2 rings (SSSR count). The third-order valence-electron chi connectivity index (χ3n) is 4.30. The van der Waals surface area contributed by atoms with Crippen LogP contribution in [-0.4, -0.2) is 17.6 Å². The average molecular weight is 261 g/mol. The standard InChI is InChI=1S/C16H23NO2/c1-11-6-3-4-8-13(11)10-17-16(19)14-9-5-7-12(2)15(14)18/h5,7,9,11,13,18H,3-4,6,8,10H2,1-2H3,(H,17,19). The molecule has 1 aromatic rings. The van der Waals surface area contributed by atoms with Crippen molar-refractivity contribution in [1.82, 2.24) is 5.32 Å². The molecule has 3 heteroatoms. The van der Waals surface area contributed by atoms with Crippen LogP contribution in [0.25, 0.3) is 0 Å². The van der Waals surface area contributed by atoms with Crippen LogP contribution in [-0.2, 0) is 0 Å². The first-order chi connectivity index (χ1) is 9.09. The zero-order valence-electron chi connectivity index (χ0n) is 11.8. The highest BCUT2D eigenvalue weighted by atomic mass is 16.3. The number of carbonyl (C=O) groups excluding carboxylic acids is 1. The third kappa shape index (κ3) is 3.28.